The van der Waals surface area contributed by atoms with Crippen molar-refractivity contribution < 1.29 is 13.2 Å². The van der Waals surface area contributed by atoms with Crippen LogP contribution in [0.15, 0.2) is 66.9 Å². The highest BCUT2D eigenvalue weighted by molar-refractivity contribution is 5.89. The molecule has 0 unspecified atom stereocenters. The number of aryl methyl sites for hydroxylation is 1. The second-order valence-electron chi connectivity index (χ2n) is 8.01. The third-order valence-electron chi connectivity index (χ3n) is 5.25. The zero-order valence-electron chi connectivity index (χ0n) is 18.7. The second kappa shape index (κ2) is 10.1. The van der Waals surface area contributed by atoms with Crippen molar-refractivity contribution in [3.63, 3.8) is 0 Å². The van der Waals surface area contributed by atoms with Crippen molar-refractivity contribution in [2.45, 2.75) is 38.9 Å². The highest BCUT2D eigenvalue weighted by Crippen LogP contribution is 2.31. The molecule has 5 nitrogen and oxygen atoms in total. The van der Waals surface area contributed by atoms with Crippen LogP contribution in [0.25, 0.3) is 27.9 Å². The van der Waals surface area contributed by atoms with Gasteiger partial charge in [0.15, 0.2) is 0 Å². The Hall–Kier alpha value is -3.23. The molecule has 0 saturated heterocycles. The summed E-state index contributed by atoms with van der Waals surface area (Å²) < 4.78 is 40.7. The zero-order chi connectivity index (χ0) is 24.2. The number of pyridine rings is 1. The maximum Gasteiger partial charge on any atom is 0.389 e. The summed E-state index contributed by atoms with van der Waals surface area (Å²) in [4.78, 5) is 4.61. The highest BCUT2D eigenvalue weighted by atomic mass is 19.4. The van der Waals surface area contributed by atoms with Crippen LogP contribution < -0.4 is 11.5 Å². The highest BCUT2D eigenvalue weighted by Gasteiger charge is 2.27. The van der Waals surface area contributed by atoms with Crippen molar-refractivity contribution in [1.82, 2.24) is 14.8 Å². The molecule has 3 aromatic rings. The van der Waals surface area contributed by atoms with Gasteiger partial charge in [-0.05, 0) is 61.7 Å². The summed E-state index contributed by atoms with van der Waals surface area (Å²) in [6.45, 7) is 7.89. The molecule has 3 rings (SSSR count). The third kappa shape index (κ3) is 6.18. The summed E-state index contributed by atoms with van der Waals surface area (Å²) >= 11 is 0. The maximum atomic E-state index is 13.0. The Morgan fingerprint density at radius 1 is 1.27 bits per heavy atom. The lowest BCUT2D eigenvalue weighted by molar-refractivity contribution is -0.133. The van der Waals surface area contributed by atoms with Gasteiger partial charge in [0, 0.05) is 35.7 Å². The van der Waals surface area contributed by atoms with Gasteiger partial charge in [0.1, 0.15) is 0 Å². The van der Waals surface area contributed by atoms with Gasteiger partial charge in [0.2, 0.25) is 0 Å². The van der Waals surface area contributed by atoms with Gasteiger partial charge in [-0.3, -0.25) is 4.98 Å². The first-order valence-corrected chi connectivity index (χ1v) is 10.6. The van der Waals surface area contributed by atoms with Crippen LogP contribution in [0.5, 0.6) is 0 Å². The topological polar surface area (TPSA) is 82.8 Å². The fraction of sp³-hybridized carbons (Fsp3) is 0.280. The fourth-order valence-corrected chi connectivity index (χ4v) is 3.44. The van der Waals surface area contributed by atoms with Gasteiger partial charge in [0.05, 0.1) is 23.1 Å². The van der Waals surface area contributed by atoms with Crippen LogP contribution in [0.1, 0.15) is 37.6 Å². The van der Waals surface area contributed by atoms with Gasteiger partial charge in [0.25, 0.3) is 0 Å². The van der Waals surface area contributed by atoms with E-state index in [1.807, 2.05) is 50.3 Å². The Bertz CT molecular complexity index is 1200. The van der Waals surface area contributed by atoms with Crippen molar-refractivity contribution in [2.75, 3.05) is 6.54 Å². The molecule has 2 aromatic heterocycles. The number of allylic oxidation sites excluding steroid dienone is 3. The first kappa shape index (κ1) is 24.4. The van der Waals surface area contributed by atoms with E-state index in [1.165, 1.54) is 0 Å². The molecule has 4 N–H and O–H groups in total. The average molecular weight is 456 g/mol. The molecule has 0 bridgehead atoms. The Morgan fingerprint density at radius 2 is 2.03 bits per heavy atom. The Kier molecular flexibility index (Phi) is 7.50. The Labute approximate surface area is 191 Å². The van der Waals surface area contributed by atoms with Gasteiger partial charge in [-0.15, -0.1) is 0 Å². The number of alkyl halides is 3. The largest absolute Gasteiger partial charge is 0.389 e. The van der Waals surface area contributed by atoms with Crippen molar-refractivity contribution in [2.24, 2.45) is 11.5 Å². The third-order valence-corrected chi connectivity index (χ3v) is 5.25. The quantitative estimate of drug-likeness (QED) is 0.437. The molecule has 0 spiro atoms. The minimum Gasteiger partial charge on any atom is -0.327 e. The van der Waals surface area contributed by atoms with Crippen LogP contribution in [0.3, 0.4) is 0 Å². The molecule has 0 saturated carbocycles. The van der Waals surface area contributed by atoms with Crippen LogP contribution in [0.4, 0.5) is 13.2 Å². The SMILES string of the molecule is C=C(/C=C\C=C(/C)n1ncc2c(CCC(F)(F)F)cc(-c3cccc([C@H](C)N)n3)cc21)CN. The normalized spacial score (nSPS) is 13.7. The molecule has 174 valence electrons. The number of rotatable bonds is 8. The van der Waals surface area contributed by atoms with Gasteiger partial charge in [-0.1, -0.05) is 24.8 Å². The van der Waals surface area contributed by atoms with Crippen molar-refractivity contribution in [1.29, 1.82) is 0 Å². The summed E-state index contributed by atoms with van der Waals surface area (Å²) in [7, 11) is 0. The van der Waals surface area contributed by atoms with Gasteiger partial charge in [-0.2, -0.15) is 18.3 Å². The van der Waals surface area contributed by atoms with E-state index in [9.17, 15) is 13.2 Å². The standard InChI is InChI=1S/C25H28F3N5/c1-16(14-29)6-4-7-17(2)33-24-13-20(23-9-5-8-22(32-23)18(3)30)12-19(21(24)15-31-33)10-11-25(26,27)28/h4-9,12-13,15,18H,1,10-11,14,29-30H2,2-3H3/b6-4-,17-7+/t18-/m0/s1. The van der Waals surface area contributed by atoms with Crippen LogP contribution in [-0.2, 0) is 6.42 Å². The minimum atomic E-state index is -4.25. The number of benzene rings is 1. The number of halogens is 3. The number of aromatic nitrogens is 3. The van der Waals surface area contributed by atoms with Crippen LogP contribution in [0.2, 0.25) is 0 Å². The summed E-state index contributed by atoms with van der Waals surface area (Å²) in [5.74, 6) is 0. The maximum absolute atomic E-state index is 13.0. The molecule has 0 amide bonds. The molecule has 0 aliphatic heterocycles. The van der Waals surface area contributed by atoms with Crippen molar-refractivity contribution in [3.05, 3.63) is 78.2 Å². The van der Waals surface area contributed by atoms with E-state index in [4.69, 9.17) is 11.5 Å². The van der Waals surface area contributed by atoms with Gasteiger partial charge >= 0.3 is 6.18 Å². The number of hydrogen-bond donors (Lipinski definition) is 2. The van der Waals surface area contributed by atoms with Crippen LogP contribution in [-0.4, -0.2) is 27.5 Å². The lowest BCUT2D eigenvalue weighted by Crippen LogP contribution is -2.09. The number of hydrogen-bond acceptors (Lipinski definition) is 4. The molecule has 0 aliphatic carbocycles. The van der Waals surface area contributed by atoms with E-state index in [-0.39, 0.29) is 12.5 Å². The molecule has 33 heavy (non-hydrogen) atoms. The molecular weight excluding hydrogens is 427 g/mol. The predicted octanol–water partition coefficient (Wildman–Crippen LogP) is 5.54. The minimum absolute atomic E-state index is 0.147. The zero-order valence-corrected chi connectivity index (χ0v) is 18.7. The monoisotopic (exact) mass is 455 g/mol. The predicted molar refractivity (Wildman–Crippen MR) is 127 cm³/mol. The Balaban J connectivity index is 2.13. The van der Waals surface area contributed by atoms with E-state index in [0.29, 0.717) is 40.0 Å². The van der Waals surface area contributed by atoms with E-state index in [0.717, 1.165) is 11.3 Å². The molecule has 8 heteroatoms. The van der Waals surface area contributed by atoms with E-state index in [1.54, 1.807) is 23.0 Å². The first-order valence-electron chi connectivity index (χ1n) is 10.6. The smallest absolute Gasteiger partial charge is 0.327 e. The summed E-state index contributed by atoms with van der Waals surface area (Å²) in [5, 5.41) is 5.12. The van der Waals surface area contributed by atoms with Crippen molar-refractivity contribution in [3.8, 4) is 11.3 Å². The lowest BCUT2D eigenvalue weighted by Gasteiger charge is -2.12. The molecule has 1 aromatic carbocycles. The number of nitrogens with two attached hydrogens (primary N) is 2. The Morgan fingerprint density at radius 3 is 2.70 bits per heavy atom. The lowest BCUT2D eigenvalue weighted by atomic mass is 9.99. The van der Waals surface area contributed by atoms with Crippen molar-refractivity contribution >= 4 is 16.6 Å². The summed E-state index contributed by atoms with van der Waals surface area (Å²) in [5.41, 5.74) is 16.4. The molecule has 0 aliphatic rings. The molecule has 0 radical (unpaired) electrons. The molecular formula is C25H28F3N5. The molecule has 1 atom stereocenters. The van der Waals surface area contributed by atoms with E-state index in [2.05, 4.69) is 16.7 Å². The van der Waals surface area contributed by atoms with Crippen LogP contribution in [0, 0.1) is 0 Å². The summed E-state index contributed by atoms with van der Waals surface area (Å²) in [6.07, 6.45) is 1.77. The number of nitrogens with zero attached hydrogens (tertiary/aromatic N) is 3. The van der Waals surface area contributed by atoms with E-state index >= 15 is 0 Å². The summed E-state index contributed by atoms with van der Waals surface area (Å²) in [6, 6.07) is 8.90. The average Bonchev–Trinajstić information content (AvgIpc) is 3.21. The molecule has 0 fully saturated rings. The van der Waals surface area contributed by atoms with Crippen LogP contribution >= 0.6 is 0 Å². The van der Waals surface area contributed by atoms with Gasteiger partial charge < -0.3 is 11.5 Å². The molecule has 2 heterocycles. The fourth-order valence-electron chi connectivity index (χ4n) is 3.44. The second-order valence-corrected chi connectivity index (χ2v) is 8.01. The first-order chi connectivity index (χ1) is 15.6. The number of fused-ring (bicyclic) bond motifs is 1. The van der Waals surface area contributed by atoms with E-state index < -0.39 is 12.6 Å². The van der Waals surface area contributed by atoms with Gasteiger partial charge in [-0.25, -0.2) is 4.68 Å².